The van der Waals surface area contributed by atoms with Crippen molar-refractivity contribution in [3.8, 4) is 11.3 Å². The second-order valence-electron chi connectivity index (χ2n) is 4.16. The molecule has 0 atom stereocenters. The molecule has 0 radical (unpaired) electrons. The zero-order valence-electron chi connectivity index (χ0n) is 9.84. The van der Waals surface area contributed by atoms with Gasteiger partial charge in [-0.1, -0.05) is 18.2 Å². The molecule has 0 unspecified atom stereocenters. The molecule has 2 aromatic heterocycles. The first-order chi connectivity index (χ1) is 8.27. The largest absolute Gasteiger partial charge is 0.244 e. The Labute approximate surface area is 104 Å². The number of nitrogens with zero attached hydrogens (tertiary/aromatic N) is 2. The van der Waals surface area contributed by atoms with E-state index in [1.54, 1.807) is 11.3 Å². The van der Waals surface area contributed by atoms with Crippen LogP contribution in [0.3, 0.4) is 0 Å². The van der Waals surface area contributed by atoms with Crippen LogP contribution < -0.4 is 4.57 Å². The van der Waals surface area contributed by atoms with E-state index in [0.717, 1.165) is 5.52 Å². The van der Waals surface area contributed by atoms with E-state index >= 15 is 0 Å². The molecule has 84 valence electrons. The van der Waals surface area contributed by atoms with E-state index in [2.05, 4.69) is 60.1 Å². The normalized spacial score (nSPS) is 10.9. The van der Waals surface area contributed by atoms with Crippen LogP contribution in [0, 0.1) is 6.92 Å². The molecule has 0 amide bonds. The minimum atomic E-state index is 1.08. The molecule has 0 aliphatic rings. The molecular formula is C14H13N2S+. The summed E-state index contributed by atoms with van der Waals surface area (Å²) in [5.74, 6) is 0. The number of aryl methyl sites for hydroxylation is 2. The van der Waals surface area contributed by atoms with Gasteiger partial charge in [0.25, 0.3) is 0 Å². The summed E-state index contributed by atoms with van der Waals surface area (Å²) in [6.07, 6.45) is 2.07. The lowest BCUT2D eigenvalue weighted by Gasteiger charge is -2.04. The van der Waals surface area contributed by atoms with Crippen LogP contribution in [0.2, 0.25) is 0 Å². The third kappa shape index (κ3) is 1.63. The average Bonchev–Trinajstić information content (AvgIpc) is 2.79. The van der Waals surface area contributed by atoms with Crippen LogP contribution >= 0.6 is 11.3 Å². The highest BCUT2D eigenvalue weighted by Gasteiger charge is 2.17. The van der Waals surface area contributed by atoms with E-state index < -0.39 is 0 Å². The lowest BCUT2D eigenvalue weighted by Crippen LogP contribution is -2.30. The highest BCUT2D eigenvalue weighted by Crippen LogP contribution is 2.29. The van der Waals surface area contributed by atoms with Crippen molar-refractivity contribution in [1.82, 2.24) is 4.98 Å². The first-order valence-electron chi connectivity index (χ1n) is 5.55. The molecule has 0 N–H and O–H groups in total. The van der Waals surface area contributed by atoms with E-state index in [1.807, 2.05) is 5.51 Å². The molecule has 1 aromatic carbocycles. The number of thiazole rings is 1. The molecule has 0 spiro atoms. The molecule has 0 bridgehead atoms. The van der Waals surface area contributed by atoms with Crippen LogP contribution in [0.4, 0.5) is 0 Å². The summed E-state index contributed by atoms with van der Waals surface area (Å²) in [5, 5.41) is 0. The first-order valence-corrected chi connectivity index (χ1v) is 6.43. The predicted octanol–water partition coefficient (Wildman–Crippen LogP) is 3.10. The minimum absolute atomic E-state index is 1.08. The van der Waals surface area contributed by atoms with Gasteiger partial charge in [0.05, 0.1) is 16.6 Å². The summed E-state index contributed by atoms with van der Waals surface area (Å²) in [4.78, 5) is 4.38. The molecule has 2 nitrogen and oxygen atoms in total. The number of rotatable bonds is 1. The maximum atomic E-state index is 4.38. The van der Waals surface area contributed by atoms with Gasteiger partial charge in [-0.3, -0.25) is 0 Å². The van der Waals surface area contributed by atoms with Crippen molar-refractivity contribution in [1.29, 1.82) is 0 Å². The van der Waals surface area contributed by atoms with Crippen LogP contribution in [0.5, 0.6) is 0 Å². The van der Waals surface area contributed by atoms with Gasteiger partial charge in [0, 0.05) is 6.07 Å². The Bertz CT molecular complexity index is 686. The number of aromatic nitrogens is 2. The molecule has 0 aliphatic carbocycles. The third-order valence-corrected chi connectivity index (χ3v) is 3.87. The summed E-state index contributed by atoms with van der Waals surface area (Å²) in [7, 11) is 2.08. The fourth-order valence-corrected chi connectivity index (χ4v) is 3.00. The maximum absolute atomic E-state index is 4.38. The van der Waals surface area contributed by atoms with Gasteiger partial charge in [-0.2, -0.15) is 4.57 Å². The van der Waals surface area contributed by atoms with Crippen molar-refractivity contribution in [2.75, 3.05) is 0 Å². The Kier molecular flexibility index (Phi) is 2.41. The maximum Gasteiger partial charge on any atom is 0.232 e. The van der Waals surface area contributed by atoms with E-state index in [1.165, 1.54) is 21.5 Å². The van der Waals surface area contributed by atoms with Crippen molar-refractivity contribution in [3.05, 3.63) is 47.6 Å². The number of hydrogen-bond donors (Lipinski definition) is 0. The fourth-order valence-electron chi connectivity index (χ4n) is 2.12. The second kappa shape index (κ2) is 3.93. The lowest BCUT2D eigenvalue weighted by atomic mass is 10.0. The molecule has 0 aliphatic heterocycles. The molecule has 2 heterocycles. The molecule has 17 heavy (non-hydrogen) atoms. The molecule has 3 rings (SSSR count). The number of benzene rings is 1. The Morgan fingerprint density at radius 2 is 2.00 bits per heavy atom. The van der Waals surface area contributed by atoms with E-state index in [4.69, 9.17) is 0 Å². The summed E-state index contributed by atoms with van der Waals surface area (Å²) in [6.45, 7) is 2.15. The Hall–Kier alpha value is -1.74. The van der Waals surface area contributed by atoms with Gasteiger partial charge in [0.15, 0.2) is 6.20 Å². The van der Waals surface area contributed by atoms with Gasteiger partial charge in [0.2, 0.25) is 5.69 Å². The Balaban J connectivity index is 2.40. The number of pyridine rings is 1. The highest BCUT2D eigenvalue weighted by molar-refractivity contribution is 7.17. The average molecular weight is 241 g/mol. The topological polar surface area (TPSA) is 16.8 Å². The Morgan fingerprint density at radius 3 is 2.82 bits per heavy atom. The summed E-state index contributed by atoms with van der Waals surface area (Å²) >= 11 is 1.70. The zero-order chi connectivity index (χ0) is 11.8. The van der Waals surface area contributed by atoms with Crippen molar-refractivity contribution in [2.45, 2.75) is 6.92 Å². The van der Waals surface area contributed by atoms with Gasteiger partial charge in [-0.15, -0.1) is 11.3 Å². The molecule has 3 aromatic rings. The van der Waals surface area contributed by atoms with Crippen LogP contribution in [0.15, 0.2) is 42.0 Å². The smallest absolute Gasteiger partial charge is 0.232 e. The van der Waals surface area contributed by atoms with Crippen molar-refractivity contribution < 1.29 is 4.57 Å². The highest BCUT2D eigenvalue weighted by atomic mass is 32.1. The minimum Gasteiger partial charge on any atom is -0.244 e. The zero-order valence-corrected chi connectivity index (χ0v) is 10.7. The standard InChI is InChI=1S/C14H13N2S/c1-10-5-3-4-6-11(10)13-14-12(15-9-17-14)7-8-16(13)2/h3-9H,1-2H3/q+1. The Morgan fingerprint density at radius 1 is 1.18 bits per heavy atom. The summed E-state index contributed by atoms with van der Waals surface area (Å²) in [6, 6.07) is 10.5. The number of fused-ring (bicyclic) bond motifs is 1. The lowest BCUT2D eigenvalue weighted by molar-refractivity contribution is -0.659. The van der Waals surface area contributed by atoms with Crippen LogP contribution in [-0.2, 0) is 7.05 Å². The molecule has 0 fully saturated rings. The second-order valence-corrected chi connectivity index (χ2v) is 5.01. The van der Waals surface area contributed by atoms with Crippen molar-refractivity contribution >= 4 is 21.6 Å². The SMILES string of the molecule is Cc1ccccc1-c1c2scnc2cc[n+]1C. The third-order valence-electron chi connectivity index (χ3n) is 3.02. The monoisotopic (exact) mass is 241 g/mol. The first kappa shape index (κ1) is 10.4. The van der Waals surface area contributed by atoms with Gasteiger partial charge in [-0.05, 0) is 18.6 Å². The van der Waals surface area contributed by atoms with E-state index in [9.17, 15) is 0 Å². The molecular weight excluding hydrogens is 228 g/mol. The van der Waals surface area contributed by atoms with Gasteiger partial charge >= 0.3 is 0 Å². The molecule has 0 saturated carbocycles. The van der Waals surface area contributed by atoms with Crippen LogP contribution in [-0.4, -0.2) is 4.98 Å². The van der Waals surface area contributed by atoms with Crippen molar-refractivity contribution in [3.63, 3.8) is 0 Å². The van der Waals surface area contributed by atoms with Gasteiger partial charge < -0.3 is 0 Å². The molecule has 3 heteroatoms. The predicted molar refractivity (Wildman–Crippen MR) is 71.0 cm³/mol. The van der Waals surface area contributed by atoms with Crippen molar-refractivity contribution in [2.24, 2.45) is 7.05 Å². The van der Waals surface area contributed by atoms with Gasteiger partial charge in [0.1, 0.15) is 11.7 Å². The summed E-state index contributed by atoms with van der Waals surface area (Å²) < 4.78 is 3.42. The van der Waals surface area contributed by atoms with Gasteiger partial charge in [-0.25, -0.2) is 4.98 Å². The fraction of sp³-hybridized carbons (Fsp3) is 0.143. The number of hydrogen-bond acceptors (Lipinski definition) is 2. The quantitative estimate of drug-likeness (QED) is 0.598. The molecule has 0 saturated heterocycles. The van der Waals surface area contributed by atoms with E-state index in [-0.39, 0.29) is 0 Å². The van der Waals surface area contributed by atoms with Crippen LogP contribution in [0.1, 0.15) is 5.56 Å². The van der Waals surface area contributed by atoms with Crippen LogP contribution in [0.25, 0.3) is 21.5 Å². The summed E-state index contributed by atoms with van der Waals surface area (Å²) in [5.41, 5.74) is 6.82. The van der Waals surface area contributed by atoms with E-state index in [0.29, 0.717) is 0 Å².